The minimum absolute atomic E-state index is 0.00413. The molecule has 0 aliphatic heterocycles. The molecule has 104 valence electrons. The molecule has 3 aliphatic carbocycles. The summed E-state index contributed by atoms with van der Waals surface area (Å²) in [6.45, 7) is 5.85. The molecule has 0 radical (unpaired) electrons. The summed E-state index contributed by atoms with van der Waals surface area (Å²) >= 11 is 0. The topological polar surface area (TPSA) is 26.3 Å². The number of ether oxygens (including phenoxy) is 1. The highest BCUT2D eigenvalue weighted by Crippen LogP contribution is 2.60. The van der Waals surface area contributed by atoms with E-state index < -0.39 is 0 Å². The van der Waals surface area contributed by atoms with E-state index in [1.807, 2.05) is 12.2 Å². The van der Waals surface area contributed by atoms with Gasteiger partial charge in [0.05, 0.1) is 12.5 Å². The average molecular weight is 260 g/mol. The maximum Gasteiger partial charge on any atom is 0.311 e. The number of hydrogen-bond acceptors (Lipinski definition) is 2. The van der Waals surface area contributed by atoms with Gasteiger partial charge in [-0.3, -0.25) is 4.79 Å². The summed E-state index contributed by atoms with van der Waals surface area (Å²) in [5.41, 5.74) is 1.51. The smallest absolute Gasteiger partial charge is 0.311 e. The molecule has 3 fully saturated rings. The van der Waals surface area contributed by atoms with Crippen molar-refractivity contribution in [3.8, 4) is 0 Å². The highest BCUT2D eigenvalue weighted by molar-refractivity contribution is 5.77. The predicted octanol–water partition coefficient (Wildman–Crippen LogP) is 4.19. The van der Waals surface area contributed by atoms with Crippen molar-refractivity contribution in [2.45, 2.75) is 45.4 Å². The zero-order valence-corrected chi connectivity index (χ0v) is 12.1. The van der Waals surface area contributed by atoms with Crippen LogP contribution in [-0.4, -0.2) is 13.1 Å². The molecule has 3 aliphatic rings. The molecule has 0 aromatic rings. The van der Waals surface area contributed by atoms with Gasteiger partial charge in [0.25, 0.3) is 0 Å². The van der Waals surface area contributed by atoms with Gasteiger partial charge in [-0.25, -0.2) is 0 Å². The molecule has 3 rings (SSSR count). The first-order chi connectivity index (χ1) is 9.12. The molecule has 0 N–H and O–H groups in total. The van der Waals surface area contributed by atoms with Crippen LogP contribution < -0.4 is 0 Å². The number of rotatable bonds is 4. The number of carbonyl (C=O) groups is 1. The summed E-state index contributed by atoms with van der Waals surface area (Å²) in [4.78, 5) is 12.0. The van der Waals surface area contributed by atoms with Gasteiger partial charge in [0.1, 0.15) is 0 Å². The van der Waals surface area contributed by atoms with Gasteiger partial charge in [0.2, 0.25) is 0 Å². The Morgan fingerprint density at radius 2 is 1.63 bits per heavy atom. The van der Waals surface area contributed by atoms with Gasteiger partial charge in [-0.1, -0.05) is 30.9 Å². The van der Waals surface area contributed by atoms with E-state index in [2.05, 4.69) is 25.7 Å². The number of fused-ring (bicyclic) bond motifs is 3. The lowest BCUT2D eigenvalue weighted by Crippen LogP contribution is -2.46. The second-order valence-electron chi connectivity index (χ2n) is 5.89. The van der Waals surface area contributed by atoms with Crippen LogP contribution in [0.25, 0.3) is 0 Å². The Morgan fingerprint density at radius 3 is 2.05 bits per heavy atom. The third-order valence-corrected chi connectivity index (χ3v) is 5.20. The number of hydrogen-bond donors (Lipinski definition) is 0. The molecule has 3 saturated carbocycles. The fourth-order valence-corrected chi connectivity index (χ4v) is 3.89. The first-order valence-corrected chi connectivity index (χ1v) is 7.17. The molecule has 2 heteroatoms. The third-order valence-electron chi connectivity index (χ3n) is 5.20. The van der Waals surface area contributed by atoms with E-state index in [4.69, 9.17) is 4.74 Å². The quantitative estimate of drug-likeness (QED) is 0.559. The van der Waals surface area contributed by atoms with E-state index in [1.54, 1.807) is 0 Å². The Kier molecular flexibility index (Phi) is 3.98. The second kappa shape index (κ2) is 5.36. The molecular weight excluding hydrogens is 236 g/mol. The lowest BCUT2D eigenvalue weighted by atomic mass is 9.51. The van der Waals surface area contributed by atoms with Gasteiger partial charge in [-0.05, 0) is 56.4 Å². The number of allylic oxidation sites excluding steroid dienone is 5. The van der Waals surface area contributed by atoms with Gasteiger partial charge in [0, 0.05) is 0 Å². The van der Waals surface area contributed by atoms with Crippen LogP contribution in [0.3, 0.4) is 0 Å². The van der Waals surface area contributed by atoms with Crippen LogP contribution in [0.5, 0.6) is 0 Å². The van der Waals surface area contributed by atoms with Gasteiger partial charge in [-0.2, -0.15) is 0 Å². The molecule has 2 nitrogen and oxygen atoms in total. The zero-order chi connectivity index (χ0) is 13.9. The second-order valence-corrected chi connectivity index (χ2v) is 5.89. The summed E-state index contributed by atoms with van der Waals surface area (Å²) in [7, 11) is 1.51. The predicted molar refractivity (Wildman–Crippen MR) is 77.7 cm³/mol. The van der Waals surface area contributed by atoms with Crippen molar-refractivity contribution in [1.29, 1.82) is 0 Å². The summed E-state index contributed by atoms with van der Waals surface area (Å²) in [6, 6.07) is 0. The number of methoxy groups -OCH3 is 1. The molecule has 19 heavy (non-hydrogen) atoms. The van der Waals surface area contributed by atoms with Crippen LogP contribution >= 0.6 is 0 Å². The number of carbonyl (C=O) groups excluding carboxylic acids is 1. The Labute approximate surface area is 116 Å². The fraction of sp³-hybridized carbons (Fsp3) is 0.588. The SMILES string of the molecule is C=C/C=C\C(=C/C)C12CCC(C(=O)OC)(CC1)CC2. The lowest BCUT2D eigenvalue weighted by molar-refractivity contribution is -0.161. The van der Waals surface area contributed by atoms with E-state index in [1.165, 1.54) is 12.7 Å². The first kappa shape index (κ1) is 14.1. The van der Waals surface area contributed by atoms with Gasteiger partial charge in [-0.15, -0.1) is 0 Å². The van der Waals surface area contributed by atoms with E-state index in [0.29, 0.717) is 0 Å². The maximum atomic E-state index is 12.0. The standard InChI is InChI=1S/C17H24O2/c1-4-6-7-14(5-2)16-8-11-17(12-9-16,13-10-16)15(18)19-3/h4-7H,1,8-13H2,2-3H3/b7-6-,14-5+. The molecule has 0 aromatic carbocycles. The lowest BCUT2D eigenvalue weighted by Gasteiger charge is -2.52. The highest BCUT2D eigenvalue weighted by Gasteiger charge is 2.53. The van der Waals surface area contributed by atoms with E-state index in [9.17, 15) is 4.79 Å². The molecule has 0 saturated heterocycles. The van der Waals surface area contributed by atoms with Crippen LogP contribution in [0.1, 0.15) is 45.4 Å². The van der Waals surface area contributed by atoms with Crippen molar-refractivity contribution < 1.29 is 9.53 Å². The molecule has 0 atom stereocenters. The zero-order valence-electron chi connectivity index (χ0n) is 12.1. The fourth-order valence-electron chi connectivity index (χ4n) is 3.89. The van der Waals surface area contributed by atoms with E-state index >= 15 is 0 Å². The van der Waals surface area contributed by atoms with Crippen molar-refractivity contribution in [2.75, 3.05) is 7.11 Å². The van der Waals surface area contributed by atoms with Gasteiger partial charge in [0.15, 0.2) is 0 Å². The number of esters is 1. The Morgan fingerprint density at radius 1 is 1.11 bits per heavy atom. The van der Waals surface area contributed by atoms with Crippen LogP contribution in [0.15, 0.2) is 36.5 Å². The molecule has 0 heterocycles. The van der Waals surface area contributed by atoms with E-state index in [0.717, 1.165) is 38.5 Å². The van der Waals surface area contributed by atoms with Crippen LogP contribution in [-0.2, 0) is 9.53 Å². The summed E-state index contributed by atoms with van der Waals surface area (Å²) in [6.07, 6.45) is 14.5. The van der Waals surface area contributed by atoms with Crippen LogP contribution in [0, 0.1) is 10.8 Å². The largest absolute Gasteiger partial charge is 0.469 e. The van der Waals surface area contributed by atoms with Crippen molar-refractivity contribution >= 4 is 5.97 Å². The maximum absolute atomic E-state index is 12.0. The molecule has 0 unspecified atom stereocenters. The van der Waals surface area contributed by atoms with Gasteiger partial charge >= 0.3 is 5.97 Å². The molecule has 0 spiro atoms. The Hall–Kier alpha value is -1.31. The molecular formula is C17H24O2. The summed E-state index contributed by atoms with van der Waals surface area (Å²) in [5, 5.41) is 0. The normalized spacial score (nSPS) is 34.5. The van der Waals surface area contributed by atoms with Crippen molar-refractivity contribution in [2.24, 2.45) is 10.8 Å². The Balaban J connectivity index is 2.18. The Bertz CT molecular complexity index is 404. The van der Waals surface area contributed by atoms with Gasteiger partial charge < -0.3 is 4.74 Å². The summed E-state index contributed by atoms with van der Waals surface area (Å²) in [5.74, 6) is 0.00413. The highest BCUT2D eigenvalue weighted by atomic mass is 16.5. The van der Waals surface area contributed by atoms with Crippen LogP contribution in [0.4, 0.5) is 0 Å². The first-order valence-electron chi connectivity index (χ1n) is 7.17. The van der Waals surface area contributed by atoms with E-state index in [-0.39, 0.29) is 16.8 Å². The molecule has 0 amide bonds. The van der Waals surface area contributed by atoms with Crippen molar-refractivity contribution in [1.82, 2.24) is 0 Å². The monoisotopic (exact) mass is 260 g/mol. The van der Waals surface area contributed by atoms with Crippen molar-refractivity contribution in [3.63, 3.8) is 0 Å². The molecule has 2 bridgehead atoms. The third kappa shape index (κ3) is 2.29. The molecule has 0 aromatic heterocycles. The summed E-state index contributed by atoms with van der Waals surface area (Å²) < 4.78 is 5.01. The van der Waals surface area contributed by atoms with Crippen LogP contribution in [0.2, 0.25) is 0 Å². The van der Waals surface area contributed by atoms with Crippen molar-refractivity contribution in [3.05, 3.63) is 36.5 Å². The minimum atomic E-state index is -0.183. The average Bonchev–Trinajstić information content (AvgIpc) is 2.49. The minimum Gasteiger partial charge on any atom is -0.469 e.